The summed E-state index contributed by atoms with van der Waals surface area (Å²) in [6.45, 7) is 4.15. The maximum absolute atomic E-state index is 11.9. The molecule has 0 spiro atoms. The van der Waals surface area contributed by atoms with Crippen LogP contribution in [-0.2, 0) is 19.7 Å². The van der Waals surface area contributed by atoms with Crippen LogP contribution in [0.1, 0.15) is 43.7 Å². The molecular formula is C16H22O4. The van der Waals surface area contributed by atoms with Gasteiger partial charge in [-0.3, -0.25) is 4.79 Å². The fourth-order valence-corrected chi connectivity index (χ4v) is 3.13. The summed E-state index contributed by atoms with van der Waals surface area (Å²) in [6.07, 6.45) is 0.679. The van der Waals surface area contributed by atoms with Crippen LogP contribution in [0.5, 0.6) is 0 Å². The maximum atomic E-state index is 11.9. The SMILES string of the molecule is COC1(OC)CC(C(=O)O)(c2ccccc2C(C)C)C1. The molecule has 20 heavy (non-hydrogen) atoms. The molecule has 0 atom stereocenters. The zero-order chi connectivity index (χ0) is 15.0. The van der Waals surface area contributed by atoms with E-state index in [1.54, 1.807) is 14.2 Å². The second kappa shape index (κ2) is 5.19. The number of hydrogen-bond donors (Lipinski definition) is 1. The van der Waals surface area contributed by atoms with Gasteiger partial charge in [0.05, 0.1) is 0 Å². The molecule has 110 valence electrons. The fourth-order valence-electron chi connectivity index (χ4n) is 3.13. The van der Waals surface area contributed by atoms with E-state index in [9.17, 15) is 9.90 Å². The molecule has 1 aliphatic carbocycles. The monoisotopic (exact) mass is 278 g/mol. The number of carbonyl (C=O) groups is 1. The molecule has 0 unspecified atom stereocenters. The summed E-state index contributed by atoms with van der Waals surface area (Å²) in [5, 5.41) is 9.76. The summed E-state index contributed by atoms with van der Waals surface area (Å²) < 4.78 is 10.7. The van der Waals surface area contributed by atoms with E-state index in [2.05, 4.69) is 13.8 Å². The van der Waals surface area contributed by atoms with E-state index in [0.717, 1.165) is 11.1 Å². The van der Waals surface area contributed by atoms with E-state index in [1.165, 1.54) is 0 Å². The molecule has 0 radical (unpaired) electrons. The first-order chi connectivity index (χ1) is 9.41. The summed E-state index contributed by atoms with van der Waals surface area (Å²) in [4.78, 5) is 11.9. The van der Waals surface area contributed by atoms with Crippen LogP contribution in [0.2, 0.25) is 0 Å². The lowest BCUT2D eigenvalue weighted by atomic mass is 9.59. The second-order valence-corrected chi connectivity index (χ2v) is 5.80. The van der Waals surface area contributed by atoms with Crippen molar-refractivity contribution in [1.29, 1.82) is 0 Å². The summed E-state index contributed by atoms with van der Waals surface area (Å²) in [5.74, 6) is -1.31. The summed E-state index contributed by atoms with van der Waals surface area (Å²) >= 11 is 0. The van der Waals surface area contributed by atoms with Gasteiger partial charge in [-0.1, -0.05) is 38.1 Å². The minimum absolute atomic E-state index is 0.280. The van der Waals surface area contributed by atoms with Crippen LogP contribution < -0.4 is 0 Å². The van der Waals surface area contributed by atoms with E-state index in [-0.39, 0.29) is 5.92 Å². The third kappa shape index (κ3) is 2.13. The Labute approximate surface area is 119 Å². The highest BCUT2D eigenvalue weighted by atomic mass is 16.7. The summed E-state index contributed by atoms with van der Waals surface area (Å²) in [5.41, 5.74) is 1.05. The normalized spacial score (nSPS) is 19.6. The number of benzene rings is 1. The van der Waals surface area contributed by atoms with E-state index >= 15 is 0 Å². The van der Waals surface area contributed by atoms with Crippen LogP contribution in [0.25, 0.3) is 0 Å². The largest absolute Gasteiger partial charge is 0.481 e. The third-order valence-corrected chi connectivity index (χ3v) is 4.39. The Balaban J connectivity index is 2.45. The quantitative estimate of drug-likeness (QED) is 0.841. The molecule has 1 aromatic rings. The van der Waals surface area contributed by atoms with Crippen molar-refractivity contribution < 1.29 is 19.4 Å². The number of carboxylic acids is 1. The topological polar surface area (TPSA) is 55.8 Å². The van der Waals surface area contributed by atoms with Crippen molar-refractivity contribution >= 4 is 5.97 Å². The molecule has 1 fully saturated rings. The van der Waals surface area contributed by atoms with Crippen molar-refractivity contribution in [2.45, 2.75) is 43.8 Å². The Hall–Kier alpha value is -1.39. The molecule has 4 nitrogen and oxygen atoms in total. The molecule has 4 heteroatoms. The molecular weight excluding hydrogens is 256 g/mol. The molecule has 0 bridgehead atoms. The van der Waals surface area contributed by atoms with Crippen molar-refractivity contribution in [3.8, 4) is 0 Å². The van der Waals surface area contributed by atoms with E-state index < -0.39 is 17.2 Å². The van der Waals surface area contributed by atoms with Crippen molar-refractivity contribution in [2.75, 3.05) is 14.2 Å². The minimum Gasteiger partial charge on any atom is -0.481 e. The van der Waals surface area contributed by atoms with Crippen LogP contribution in [0.15, 0.2) is 24.3 Å². The Morgan fingerprint density at radius 1 is 1.20 bits per heavy atom. The second-order valence-electron chi connectivity index (χ2n) is 5.80. The Morgan fingerprint density at radius 2 is 1.75 bits per heavy atom. The molecule has 0 aliphatic heterocycles. The number of rotatable bonds is 5. The number of ether oxygens (including phenoxy) is 2. The Kier molecular flexibility index (Phi) is 3.89. The zero-order valence-electron chi connectivity index (χ0n) is 12.5. The molecule has 1 aliphatic rings. The predicted molar refractivity (Wildman–Crippen MR) is 75.8 cm³/mol. The highest BCUT2D eigenvalue weighted by Crippen LogP contribution is 2.54. The van der Waals surface area contributed by atoms with E-state index in [4.69, 9.17) is 9.47 Å². The lowest BCUT2D eigenvalue weighted by molar-refractivity contribution is -0.277. The highest BCUT2D eigenvalue weighted by molar-refractivity contribution is 5.84. The number of hydrogen-bond acceptors (Lipinski definition) is 3. The molecule has 0 amide bonds. The Bertz CT molecular complexity index is 495. The van der Waals surface area contributed by atoms with E-state index in [0.29, 0.717) is 12.8 Å². The first kappa shape index (κ1) is 15.0. The van der Waals surface area contributed by atoms with Gasteiger partial charge in [-0.2, -0.15) is 0 Å². The van der Waals surface area contributed by atoms with Crippen molar-refractivity contribution in [3.63, 3.8) is 0 Å². The van der Waals surface area contributed by atoms with Gasteiger partial charge >= 0.3 is 5.97 Å². The maximum Gasteiger partial charge on any atom is 0.314 e. The molecule has 1 saturated carbocycles. The van der Waals surface area contributed by atoms with Gasteiger partial charge in [0.2, 0.25) is 0 Å². The van der Waals surface area contributed by atoms with Gasteiger partial charge in [-0.15, -0.1) is 0 Å². The van der Waals surface area contributed by atoms with Gasteiger partial charge in [0, 0.05) is 27.1 Å². The minimum atomic E-state index is -0.910. The molecule has 0 heterocycles. The fraction of sp³-hybridized carbons (Fsp3) is 0.562. The van der Waals surface area contributed by atoms with Gasteiger partial charge in [0.1, 0.15) is 5.41 Å². The number of methoxy groups -OCH3 is 2. The summed E-state index contributed by atoms with van der Waals surface area (Å²) in [7, 11) is 3.12. The molecule has 2 rings (SSSR count). The van der Waals surface area contributed by atoms with Gasteiger partial charge in [-0.05, 0) is 17.0 Å². The van der Waals surface area contributed by atoms with Crippen LogP contribution in [-0.4, -0.2) is 31.1 Å². The highest BCUT2D eigenvalue weighted by Gasteiger charge is 2.62. The van der Waals surface area contributed by atoms with Crippen molar-refractivity contribution in [2.24, 2.45) is 0 Å². The molecule has 1 N–H and O–H groups in total. The predicted octanol–water partition coefficient (Wildman–Crippen LogP) is 2.92. The van der Waals surface area contributed by atoms with Crippen LogP contribution in [0, 0.1) is 0 Å². The molecule has 0 aromatic heterocycles. The van der Waals surface area contributed by atoms with Crippen molar-refractivity contribution in [1.82, 2.24) is 0 Å². The lowest BCUT2D eigenvalue weighted by Crippen LogP contribution is -2.60. The smallest absolute Gasteiger partial charge is 0.314 e. The van der Waals surface area contributed by atoms with Crippen LogP contribution in [0.3, 0.4) is 0 Å². The Morgan fingerprint density at radius 3 is 2.20 bits per heavy atom. The average Bonchev–Trinajstić information content (AvgIpc) is 2.39. The van der Waals surface area contributed by atoms with Crippen LogP contribution >= 0.6 is 0 Å². The molecule has 1 aromatic carbocycles. The van der Waals surface area contributed by atoms with Gasteiger partial charge < -0.3 is 14.6 Å². The van der Waals surface area contributed by atoms with Crippen LogP contribution in [0.4, 0.5) is 0 Å². The molecule has 0 saturated heterocycles. The first-order valence-corrected chi connectivity index (χ1v) is 6.84. The van der Waals surface area contributed by atoms with Gasteiger partial charge in [0.25, 0.3) is 0 Å². The average molecular weight is 278 g/mol. The zero-order valence-corrected chi connectivity index (χ0v) is 12.5. The first-order valence-electron chi connectivity index (χ1n) is 6.84. The summed E-state index contributed by atoms with van der Waals surface area (Å²) in [6, 6.07) is 7.77. The lowest BCUT2D eigenvalue weighted by Gasteiger charge is -2.52. The van der Waals surface area contributed by atoms with Gasteiger partial charge in [-0.25, -0.2) is 0 Å². The third-order valence-electron chi connectivity index (χ3n) is 4.39. The standard InChI is InChI=1S/C16H22O4/c1-11(2)12-7-5-6-8-13(12)15(14(17)18)9-16(10-15,19-3)20-4/h5-8,11H,9-10H2,1-4H3,(H,17,18). The van der Waals surface area contributed by atoms with E-state index in [1.807, 2.05) is 24.3 Å². The van der Waals surface area contributed by atoms with Crippen molar-refractivity contribution in [3.05, 3.63) is 35.4 Å². The number of aliphatic carboxylic acids is 1. The van der Waals surface area contributed by atoms with Gasteiger partial charge in [0.15, 0.2) is 5.79 Å². The number of carboxylic acid groups (broad SMARTS) is 1.